The van der Waals surface area contributed by atoms with Crippen LogP contribution in [0, 0.1) is 5.92 Å². The van der Waals surface area contributed by atoms with Gasteiger partial charge < -0.3 is 19.7 Å². The third-order valence-corrected chi connectivity index (χ3v) is 8.77. The second-order valence-electron chi connectivity index (χ2n) is 10.6. The fourth-order valence-electron chi connectivity index (χ4n) is 5.28. The van der Waals surface area contributed by atoms with Crippen molar-refractivity contribution in [2.45, 2.75) is 61.8 Å². The highest BCUT2D eigenvalue weighted by Crippen LogP contribution is 2.37. The lowest BCUT2D eigenvalue weighted by molar-refractivity contribution is -0.192. The summed E-state index contributed by atoms with van der Waals surface area (Å²) in [5, 5.41) is 11.0. The first-order valence-corrected chi connectivity index (χ1v) is 15.2. The predicted octanol–water partition coefficient (Wildman–Crippen LogP) is 4.40. The van der Waals surface area contributed by atoms with Crippen LogP contribution in [-0.4, -0.2) is 54.4 Å². The molecule has 228 valence electrons. The molecule has 2 aromatic carbocycles. The summed E-state index contributed by atoms with van der Waals surface area (Å²) >= 11 is 0. The van der Waals surface area contributed by atoms with E-state index < -0.39 is 22.2 Å². The molecule has 0 spiro atoms. The minimum absolute atomic E-state index is 0.0272. The summed E-state index contributed by atoms with van der Waals surface area (Å²) in [6, 6.07) is 16.8. The van der Waals surface area contributed by atoms with Gasteiger partial charge in [0, 0.05) is 31.7 Å². The molecule has 42 heavy (non-hydrogen) atoms. The van der Waals surface area contributed by atoms with Crippen molar-refractivity contribution >= 4 is 16.0 Å². The lowest BCUT2D eigenvalue weighted by atomic mass is 9.83. The van der Waals surface area contributed by atoms with Crippen molar-refractivity contribution in [3.05, 3.63) is 77.7 Å². The normalized spacial score (nSPS) is 19.0. The van der Waals surface area contributed by atoms with Gasteiger partial charge in [0.25, 0.3) is 10.0 Å². The molecular weight excluding hydrogens is 573 g/mol. The van der Waals surface area contributed by atoms with E-state index in [0.29, 0.717) is 6.61 Å². The van der Waals surface area contributed by atoms with Gasteiger partial charge in [-0.25, -0.2) is 22.9 Å². The maximum Gasteiger partial charge on any atom is 0.490 e. The first-order chi connectivity index (χ1) is 19.9. The topological polar surface area (TPSA) is 123 Å². The highest BCUT2D eigenvalue weighted by atomic mass is 32.2. The second-order valence-corrected chi connectivity index (χ2v) is 12.4. The number of carboxylic acids is 1. The van der Waals surface area contributed by atoms with E-state index in [9.17, 15) is 21.6 Å². The van der Waals surface area contributed by atoms with E-state index in [2.05, 4.69) is 45.4 Å². The molecule has 3 aromatic rings. The quantitative estimate of drug-likeness (QED) is 0.329. The predicted molar refractivity (Wildman–Crippen MR) is 149 cm³/mol. The van der Waals surface area contributed by atoms with Crippen LogP contribution in [0.25, 0.3) is 0 Å². The number of sulfonamides is 1. The van der Waals surface area contributed by atoms with Crippen molar-refractivity contribution in [2.24, 2.45) is 13.0 Å². The van der Waals surface area contributed by atoms with Crippen LogP contribution in [-0.2, 0) is 34.8 Å². The number of alkyl halides is 3. The molecule has 3 N–H and O–H groups in total. The maximum absolute atomic E-state index is 12.7. The van der Waals surface area contributed by atoms with Crippen LogP contribution in [0.4, 0.5) is 13.2 Å². The van der Waals surface area contributed by atoms with Crippen LogP contribution < -0.4 is 14.8 Å². The van der Waals surface area contributed by atoms with Gasteiger partial charge in [-0.15, -0.1) is 0 Å². The molecule has 0 saturated heterocycles. The number of hydrogen-bond acceptors (Lipinski definition) is 6. The van der Waals surface area contributed by atoms with E-state index in [-0.39, 0.29) is 23.5 Å². The Morgan fingerprint density at radius 1 is 1.12 bits per heavy atom. The van der Waals surface area contributed by atoms with Crippen molar-refractivity contribution in [2.75, 3.05) is 13.2 Å². The number of ether oxygens (including phenoxy) is 1. The van der Waals surface area contributed by atoms with Crippen LogP contribution in [0.3, 0.4) is 0 Å². The summed E-state index contributed by atoms with van der Waals surface area (Å²) < 4.78 is 67.5. The van der Waals surface area contributed by atoms with E-state index in [0.717, 1.165) is 35.8 Å². The van der Waals surface area contributed by atoms with Gasteiger partial charge in [-0.1, -0.05) is 55.3 Å². The Balaban J connectivity index is 0.000000517. The number of benzene rings is 2. The summed E-state index contributed by atoms with van der Waals surface area (Å²) in [5.41, 5.74) is 3.33. The average molecular weight is 609 g/mol. The van der Waals surface area contributed by atoms with Gasteiger partial charge in [0.2, 0.25) is 0 Å². The van der Waals surface area contributed by atoms with Gasteiger partial charge in [0.05, 0.1) is 6.33 Å². The molecule has 1 aliphatic heterocycles. The number of nitrogens with one attached hydrogen (secondary N) is 2. The number of imidazole rings is 1. The zero-order chi connectivity index (χ0) is 30.3. The molecule has 0 amide bonds. The minimum Gasteiger partial charge on any atom is -0.492 e. The standard InChI is InChI=1S/C27H34N4O3S.C2HF3O2/c1-31-17-27(29-19-31)35(32,33)30-16-22-11-12-26-24(14-22)23(13-20-7-3-2-4-8-20)25(18-34-26)28-15-21-9-5-6-10-21;3-2(4,5)1(6)7/h2-4,7-8,11-12,14,17,19,21,23,25,28,30H,5-6,9-10,13,15-16,18H2,1H3;(H,6,7)/t23-,25+;/m0./s1. The fourth-order valence-corrected chi connectivity index (χ4v) is 6.27. The SMILES string of the molecule is Cn1cnc(S(=O)(=O)NCc2ccc3c(c2)[C@H](Cc2ccccc2)[C@H](NCC2CCCC2)CO3)c1.O=C(O)C(F)(F)F. The zero-order valence-electron chi connectivity index (χ0n) is 23.2. The molecular formula is C29H35F3N4O5S. The number of aryl methyl sites for hydroxylation is 1. The highest BCUT2D eigenvalue weighted by Gasteiger charge is 2.38. The Morgan fingerprint density at radius 3 is 2.43 bits per heavy atom. The number of hydrogen-bond donors (Lipinski definition) is 3. The molecule has 1 aliphatic carbocycles. The van der Waals surface area contributed by atoms with Crippen molar-refractivity contribution < 1.29 is 36.2 Å². The molecule has 13 heteroatoms. The Hall–Kier alpha value is -3.42. The lowest BCUT2D eigenvalue weighted by Crippen LogP contribution is -2.45. The second kappa shape index (κ2) is 13.7. The summed E-state index contributed by atoms with van der Waals surface area (Å²) in [6.45, 7) is 1.87. The largest absolute Gasteiger partial charge is 0.492 e. The van der Waals surface area contributed by atoms with Crippen LogP contribution in [0.1, 0.15) is 48.3 Å². The number of aliphatic carboxylic acids is 1. The molecule has 2 atom stereocenters. The number of aromatic nitrogens is 2. The number of carbonyl (C=O) groups is 1. The van der Waals surface area contributed by atoms with Crippen LogP contribution in [0.15, 0.2) is 66.1 Å². The van der Waals surface area contributed by atoms with Crippen molar-refractivity contribution in [1.82, 2.24) is 19.6 Å². The number of nitrogens with zero attached hydrogens (tertiary/aromatic N) is 2. The van der Waals surface area contributed by atoms with Gasteiger partial charge in [0.15, 0.2) is 5.03 Å². The van der Waals surface area contributed by atoms with Crippen LogP contribution in [0.5, 0.6) is 5.75 Å². The smallest absolute Gasteiger partial charge is 0.490 e. The molecule has 5 rings (SSSR count). The number of carboxylic acid groups (broad SMARTS) is 1. The van der Waals surface area contributed by atoms with Gasteiger partial charge in [-0.2, -0.15) is 13.2 Å². The zero-order valence-corrected chi connectivity index (χ0v) is 24.0. The summed E-state index contributed by atoms with van der Waals surface area (Å²) in [4.78, 5) is 12.9. The molecule has 1 aromatic heterocycles. The summed E-state index contributed by atoms with van der Waals surface area (Å²) in [7, 11) is -1.93. The molecule has 0 radical (unpaired) electrons. The van der Waals surface area contributed by atoms with E-state index in [1.165, 1.54) is 43.8 Å². The third kappa shape index (κ3) is 8.55. The third-order valence-electron chi connectivity index (χ3n) is 7.48. The van der Waals surface area contributed by atoms with Crippen molar-refractivity contribution in [3.63, 3.8) is 0 Å². The Kier molecular flexibility index (Phi) is 10.3. The number of halogens is 3. The first kappa shape index (κ1) is 31.5. The van der Waals surface area contributed by atoms with E-state index >= 15 is 0 Å². The van der Waals surface area contributed by atoms with Crippen LogP contribution >= 0.6 is 0 Å². The molecule has 9 nitrogen and oxygen atoms in total. The number of fused-ring (bicyclic) bond motifs is 1. The summed E-state index contributed by atoms with van der Waals surface area (Å²) in [6.07, 6.45) is 4.09. The Morgan fingerprint density at radius 2 is 1.81 bits per heavy atom. The van der Waals surface area contributed by atoms with E-state index in [1.54, 1.807) is 11.6 Å². The molecule has 1 saturated carbocycles. The lowest BCUT2D eigenvalue weighted by Gasteiger charge is -2.35. The maximum atomic E-state index is 12.7. The summed E-state index contributed by atoms with van der Waals surface area (Å²) in [5.74, 6) is -0.871. The Bertz CT molecular complexity index is 1440. The van der Waals surface area contributed by atoms with Crippen LogP contribution in [0.2, 0.25) is 0 Å². The molecule has 1 fully saturated rings. The molecule has 0 bridgehead atoms. The molecule has 2 heterocycles. The molecule has 0 unspecified atom stereocenters. The van der Waals surface area contributed by atoms with Crippen molar-refractivity contribution in [1.29, 1.82) is 0 Å². The van der Waals surface area contributed by atoms with Crippen molar-refractivity contribution in [3.8, 4) is 5.75 Å². The highest BCUT2D eigenvalue weighted by molar-refractivity contribution is 7.89. The fraction of sp³-hybridized carbons (Fsp3) is 0.448. The van der Waals surface area contributed by atoms with Gasteiger partial charge >= 0.3 is 12.1 Å². The van der Waals surface area contributed by atoms with Gasteiger partial charge in [0.1, 0.15) is 12.4 Å². The van der Waals surface area contributed by atoms with Gasteiger partial charge in [-0.3, -0.25) is 0 Å². The van der Waals surface area contributed by atoms with Gasteiger partial charge in [-0.05, 0) is 54.5 Å². The monoisotopic (exact) mass is 608 g/mol. The molecule has 2 aliphatic rings. The number of rotatable bonds is 9. The minimum atomic E-state index is -5.08. The average Bonchev–Trinajstić information content (AvgIpc) is 3.64. The first-order valence-electron chi connectivity index (χ1n) is 13.7. The van der Waals surface area contributed by atoms with E-state index in [4.69, 9.17) is 14.6 Å². The Labute approximate surface area is 243 Å². The van der Waals surface area contributed by atoms with E-state index in [1.807, 2.05) is 18.2 Å².